The first-order chi connectivity index (χ1) is 24.4. The number of hydrogen-bond acceptors (Lipinski definition) is 6. The van der Waals surface area contributed by atoms with E-state index >= 15 is 0 Å². The van der Waals surface area contributed by atoms with Crippen molar-refractivity contribution >= 4 is 46.1 Å². The Morgan fingerprint density at radius 2 is 1.52 bits per heavy atom. The molecule has 7 rings (SSSR count). The molecule has 0 unspecified atom stereocenters. The summed E-state index contributed by atoms with van der Waals surface area (Å²) in [5, 5.41) is 9.19. The Labute approximate surface area is 300 Å². The largest absolute Gasteiger partial charge is 0.368 e. The first-order valence-electron chi connectivity index (χ1n) is 16.3. The van der Waals surface area contributed by atoms with E-state index < -0.39 is 0 Å². The number of imidazole rings is 1. The van der Waals surface area contributed by atoms with E-state index in [-0.39, 0.29) is 11.8 Å². The van der Waals surface area contributed by atoms with Crippen molar-refractivity contribution in [3.63, 3.8) is 0 Å². The molecule has 8 nitrogen and oxygen atoms in total. The summed E-state index contributed by atoms with van der Waals surface area (Å²) in [7, 11) is 0. The van der Waals surface area contributed by atoms with Crippen molar-refractivity contribution in [1.82, 2.24) is 14.5 Å². The fourth-order valence-corrected chi connectivity index (χ4v) is 7.14. The van der Waals surface area contributed by atoms with E-state index in [0.29, 0.717) is 59.6 Å². The van der Waals surface area contributed by atoms with Crippen molar-refractivity contribution in [1.29, 1.82) is 5.26 Å². The second-order valence-electron chi connectivity index (χ2n) is 12.1. The third kappa shape index (κ3) is 7.32. The van der Waals surface area contributed by atoms with Crippen LogP contribution >= 0.6 is 22.9 Å². The molecule has 0 aliphatic carbocycles. The third-order valence-electron chi connectivity index (χ3n) is 8.92. The van der Waals surface area contributed by atoms with Gasteiger partial charge in [-0.2, -0.15) is 5.26 Å². The van der Waals surface area contributed by atoms with E-state index in [4.69, 9.17) is 11.6 Å². The van der Waals surface area contributed by atoms with Gasteiger partial charge < -0.3 is 19.3 Å². The molecule has 6 aromatic rings. The second-order valence-corrected chi connectivity index (χ2v) is 13.8. The first-order valence-corrected chi connectivity index (χ1v) is 17.5. The van der Waals surface area contributed by atoms with Crippen LogP contribution in [0.4, 0.5) is 11.4 Å². The summed E-state index contributed by atoms with van der Waals surface area (Å²) in [4.78, 5) is 38.2. The fraction of sp³-hybridized carbons (Fsp3) is 0.150. The number of carbonyl (C=O) groups excluding carboxylic acids is 2. The summed E-state index contributed by atoms with van der Waals surface area (Å²) in [6.45, 7) is 3.50. The lowest BCUT2D eigenvalue weighted by molar-refractivity contribution is 0.0751. The van der Waals surface area contributed by atoms with E-state index in [1.54, 1.807) is 41.7 Å². The zero-order valence-electron chi connectivity index (χ0n) is 27.2. The molecule has 4 aromatic carbocycles. The highest BCUT2D eigenvalue weighted by molar-refractivity contribution is 7.18. The number of benzene rings is 4. The number of aromatic nitrogens is 2. The monoisotopic (exact) mass is 696 g/mol. The molecule has 1 fully saturated rings. The van der Waals surface area contributed by atoms with Gasteiger partial charge in [-0.15, -0.1) is 11.3 Å². The predicted octanol–water partition coefficient (Wildman–Crippen LogP) is 7.99. The highest BCUT2D eigenvalue weighted by Crippen LogP contribution is 2.28. The lowest BCUT2D eigenvalue weighted by Gasteiger charge is -2.36. The summed E-state index contributed by atoms with van der Waals surface area (Å²) in [6, 6.07) is 39.1. The van der Waals surface area contributed by atoms with Crippen LogP contribution < -0.4 is 9.80 Å². The Morgan fingerprint density at radius 3 is 2.18 bits per heavy atom. The zero-order chi connectivity index (χ0) is 34.5. The van der Waals surface area contributed by atoms with Crippen LogP contribution in [0.3, 0.4) is 0 Å². The fourth-order valence-electron chi connectivity index (χ4n) is 6.13. The summed E-state index contributed by atoms with van der Waals surface area (Å²) in [5.74, 6) is -0.106. The average molecular weight is 697 g/mol. The Morgan fingerprint density at radius 1 is 0.820 bits per heavy atom. The summed E-state index contributed by atoms with van der Waals surface area (Å²) in [5.41, 5.74) is 7.03. The number of amides is 2. The average Bonchev–Trinajstić information content (AvgIpc) is 3.82. The maximum Gasteiger partial charge on any atom is 0.264 e. The molecule has 0 bridgehead atoms. The molecule has 3 heterocycles. The molecule has 0 N–H and O–H groups in total. The summed E-state index contributed by atoms with van der Waals surface area (Å²) >= 11 is 7.36. The molecule has 50 heavy (non-hydrogen) atoms. The maximum atomic E-state index is 14.3. The van der Waals surface area contributed by atoms with E-state index in [1.807, 2.05) is 88.3 Å². The second kappa shape index (κ2) is 14.8. The number of piperazine rings is 1. The molecule has 0 atom stereocenters. The van der Waals surface area contributed by atoms with Gasteiger partial charge in [0.15, 0.2) is 0 Å². The summed E-state index contributed by atoms with van der Waals surface area (Å²) in [6.07, 6.45) is 3.56. The Bertz CT molecular complexity index is 2130. The van der Waals surface area contributed by atoms with Crippen molar-refractivity contribution in [3.8, 4) is 17.2 Å². The molecular weight excluding hydrogens is 664 g/mol. The number of anilines is 2. The van der Waals surface area contributed by atoms with E-state index in [1.165, 1.54) is 11.3 Å². The SMILES string of the molecule is N#Cc1ccc(Cn2cncc2CN(C(=O)c2ccc(-c3ccccc3)cc2)c2ccc(N3CCN(C(=O)c4ccc(Cl)s4)CC3)cc2)cc1. The van der Waals surface area contributed by atoms with Crippen molar-refractivity contribution in [2.75, 3.05) is 36.0 Å². The van der Waals surface area contributed by atoms with Gasteiger partial charge in [0.05, 0.1) is 39.4 Å². The smallest absolute Gasteiger partial charge is 0.264 e. The van der Waals surface area contributed by atoms with Gasteiger partial charge in [-0.1, -0.05) is 66.2 Å². The third-order valence-corrected chi connectivity index (χ3v) is 10.1. The van der Waals surface area contributed by atoms with E-state index in [9.17, 15) is 14.9 Å². The lowest BCUT2D eigenvalue weighted by atomic mass is 10.0. The molecule has 0 radical (unpaired) electrons. The first kappa shape index (κ1) is 32.8. The van der Waals surface area contributed by atoms with Gasteiger partial charge in [-0.25, -0.2) is 4.98 Å². The van der Waals surface area contributed by atoms with Gasteiger partial charge in [0.2, 0.25) is 0 Å². The quantitative estimate of drug-likeness (QED) is 0.153. The molecule has 2 aromatic heterocycles. The number of carbonyl (C=O) groups is 2. The maximum absolute atomic E-state index is 14.3. The Hall–Kier alpha value is -5.69. The molecule has 2 amide bonds. The molecular formula is C40H33ClN6O2S. The molecule has 1 aliphatic heterocycles. The summed E-state index contributed by atoms with van der Waals surface area (Å²) < 4.78 is 2.64. The van der Waals surface area contributed by atoms with Crippen LogP contribution in [0.1, 0.15) is 36.9 Å². The molecule has 0 spiro atoms. The van der Waals surface area contributed by atoms with Crippen molar-refractivity contribution in [2.24, 2.45) is 0 Å². The number of nitrogens with zero attached hydrogens (tertiary/aromatic N) is 6. The lowest BCUT2D eigenvalue weighted by Crippen LogP contribution is -2.48. The van der Waals surface area contributed by atoms with Crippen LogP contribution in [0, 0.1) is 11.3 Å². The van der Waals surface area contributed by atoms with Gasteiger partial charge in [0, 0.05) is 55.9 Å². The van der Waals surface area contributed by atoms with E-state index in [0.717, 1.165) is 33.8 Å². The Balaban J connectivity index is 1.11. The number of thiophene rings is 1. The van der Waals surface area contributed by atoms with Crippen LogP contribution in [0.5, 0.6) is 0 Å². The molecule has 0 saturated carbocycles. The normalized spacial score (nSPS) is 12.8. The van der Waals surface area contributed by atoms with Crippen LogP contribution in [-0.4, -0.2) is 52.4 Å². The highest BCUT2D eigenvalue weighted by atomic mass is 35.5. The minimum Gasteiger partial charge on any atom is -0.368 e. The highest BCUT2D eigenvalue weighted by Gasteiger charge is 2.25. The van der Waals surface area contributed by atoms with Crippen molar-refractivity contribution in [2.45, 2.75) is 13.1 Å². The topological polar surface area (TPSA) is 85.5 Å². The number of nitriles is 1. The Kier molecular flexibility index (Phi) is 9.74. The molecule has 1 saturated heterocycles. The minimum absolute atomic E-state index is 0.0151. The van der Waals surface area contributed by atoms with Crippen LogP contribution in [0.2, 0.25) is 4.34 Å². The molecule has 1 aliphatic rings. The number of rotatable bonds is 9. The van der Waals surface area contributed by atoms with Crippen LogP contribution in [0.25, 0.3) is 11.1 Å². The molecule has 10 heteroatoms. The van der Waals surface area contributed by atoms with E-state index in [2.05, 4.69) is 28.1 Å². The minimum atomic E-state index is -0.121. The molecule has 248 valence electrons. The standard InChI is InChI=1S/C40H33ClN6O2S/c41-38-19-18-37(50-38)40(49)45-22-20-44(21-23-45)34-14-16-35(17-15-34)47(39(48)33-12-10-32(11-13-33)31-4-2-1-3-5-31)27-36-25-43-28-46(36)26-30-8-6-29(24-42)7-9-30/h1-19,25,28H,20-23,26-27H2. The van der Waals surface area contributed by atoms with Gasteiger partial charge in [0.1, 0.15) is 0 Å². The van der Waals surface area contributed by atoms with Crippen molar-refractivity contribution < 1.29 is 9.59 Å². The van der Waals surface area contributed by atoms with Gasteiger partial charge >= 0.3 is 0 Å². The predicted molar refractivity (Wildman–Crippen MR) is 199 cm³/mol. The van der Waals surface area contributed by atoms with Crippen molar-refractivity contribution in [3.05, 3.63) is 159 Å². The number of hydrogen-bond donors (Lipinski definition) is 0. The number of halogens is 1. The zero-order valence-corrected chi connectivity index (χ0v) is 28.7. The van der Waals surface area contributed by atoms with Crippen LogP contribution in [0.15, 0.2) is 128 Å². The van der Waals surface area contributed by atoms with Gasteiger partial charge in [0.25, 0.3) is 11.8 Å². The van der Waals surface area contributed by atoms with Gasteiger partial charge in [-0.3, -0.25) is 9.59 Å². The van der Waals surface area contributed by atoms with Crippen LogP contribution in [-0.2, 0) is 13.1 Å². The van der Waals surface area contributed by atoms with Gasteiger partial charge in [-0.05, 0) is 77.4 Å².